The molecule has 0 saturated carbocycles. The fourth-order valence-electron chi connectivity index (χ4n) is 2.05. The molecule has 0 aliphatic rings. The zero-order chi connectivity index (χ0) is 14.3. The Morgan fingerprint density at radius 2 is 1.68 bits per heavy atom. The van der Waals surface area contributed by atoms with Crippen LogP contribution >= 0.6 is 0 Å². The molecule has 0 amide bonds. The van der Waals surface area contributed by atoms with Crippen LogP contribution in [0, 0.1) is 0 Å². The highest BCUT2D eigenvalue weighted by molar-refractivity contribution is 7.91. The highest BCUT2D eigenvalue weighted by Gasteiger charge is 2.13. The monoisotopic (exact) mass is 284 g/mol. The fourth-order valence-corrected chi connectivity index (χ4v) is 3.37. The number of hydrogen-bond donors (Lipinski definition) is 1. The van der Waals surface area contributed by atoms with Crippen molar-refractivity contribution in [3.8, 4) is 0 Å². The maximum Gasteiger partial charge on any atom is 0.178 e. The fraction of sp³-hybridized carbons (Fsp3) is 0.571. The molecule has 1 rings (SSSR count). The molecule has 0 aliphatic carbocycles. The van der Waals surface area contributed by atoms with Gasteiger partial charge in [-0.05, 0) is 37.1 Å². The van der Waals surface area contributed by atoms with Gasteiger partial charge in [0, 0.05) is 25.3 Å². The minimum Gasteiger partial charge on any atom is -0.370 e. The average molecular weight is 284 g/mol. The van der Waals surface area contributed by atoms with Gasteiger partial charge in [0.15, 0.2) is 9.84 Å². The first-order valence-corrected chi connectivity index (χ1v) is 8.48. The molecule has 4 nitrogen and oxygen atoms in total. The first kappa shape index (κ1) is 16.0. The minimum absolute atomic E-state index is 0.202. The van der Waals surface area contributed by atoms with E-state index in [-0.39, 0.29) is 5.75 Å². The second-order valence-corrected chi connectivity index (χ2v) is 6.70. The van der Waals surface area contributed by atoms with E-state index in [2.05, 4.69) is 11.8 Å². The molecule has 0 radical (unpaired) electrons. The summed E-state index contributed by atoms with van der Waals surface area (Å²) >= 11 is 0. The van der Waals surface area contributed by atoms with Crippen molar-refractivity contribution >= 4 is 15.5 Å². The average Bonchev–Trinajstić information content (AvgIpc) is 2.39. The predicted octanol–water partition coefficient (Wildman–Crippen LogP) is 2.05. The van der Waals surface area contributed by atoms with Crippen LogP contribution in [0.15, 0.2) is 29.2 Å². The van der Waals surface area contributed by atoms with Crippen LogP contribution in [0.3, 0.4) is 0 Å². The van der Waals surface area contributed by atoms with Crippen molar-refractivity contribution < 1.29 is 8.42 Å². The standard InChI is InChI=1S/C14H24N2O2S/c1-3-10-16(11-9-15)13-5-7-14(8-6-13)19(17,18)12-4-2/h5-8H,3-4,9-12,15H2,1-2H3. The minimum atomic E-state index is -3.12. The highest BCUT2D eigenvalue weighted by Crippen LogP contribution is 2.19. The third-order valence-electron chi connectivity index (χ3n) is 2.93. The molecule has 5 heteroatoms. The Morgan fingerprint density at radius 1 is 1.05 bits per heavy atom. The number of anilines is 1. The molecule has 1 aromatic carbocycles. The summed E-state index contributed by atoms with van der Waals surface area (Å²) in [5.74, 6) is 0.202. The summed E-state index contributed by atoms with van der Waals surface area (Å²) in [4.78, 5) is 2.58. The van der Waals surface area contributed by atoms with Crippen molar-refractivity contribution in [3.05, 3.63) is 24.3 Å². The molecule has 0 saturated heterocycles. The summed E-state index contributed by atoms with van der Waals surface area (Å²) in [5.41, 5.74) is 6.63. The molecular weight excluding hydrogens is 260 g/mol. The van der Waals surface area contributed by atoms with Gasteiger partial charge < -0.3 is 10.6 Å². The van der Waals surface area contributed by atoms with E-state index in [4.69, 9.17) is 5.73 Å². The molecule has 0 bridgehead atoms. The van der Waals surface area contributed by atoms with Crippen molar-refractivity contribution in [1.82, 2.24) is 0 Å². The Hall–Kier alpha value is -1.07. The lowest BCUT2D eigenvalue weighted by Crippen LogP contribution is -2.30. The van der Waals surface area contributed by atoms with Crippen LogP contribution in [0.4, 0.5) is 5.69 Å². The van der Waals surface area contributed by atoms with Gasteiger partial charge in [0.25, 0.3) is 0 Å². The van der Waals surface area contributed by atoms with E-state index in [1.165, 1.54) is 0 Å². The second kappa shape index (κ2) is 7.50. The summed E-state index contributed by atoms with van der Waals surface area (Å²) in [6.07, 6.45) is 1.68. The first-order chi connectivity index (χ1) is 9.05. The van der Waals surface area contributed by atoms with Crippen molar-refractivity contribution in [3.63, 3.8) is 0 Å². The van der Waals surface area contributed by atoms with Crippen molar-refractivity contribution in [1.29, 1.82) is 0 Å². The number of nitrogens with zero attached hydrogens (tertiary/aromatic N) is 1. The van der Waals surface area contributed by atoms with E-state index in [9.17, 15) is 8.42 Å². The molecule has 19 heavy (non-hydrogen) atoms. The zero-order valence-electron chi connectivity index (χ0n) is 11.8. The molecule has 0 aromatic heterocycles. The molecule has 0 spiro atoms. The smallest absolute Gasteiger partial charge is 0.178 e. The molecule has 0 atom stereocenters. The number of nitrogens with two attached hydrogens (primary N) is 1. The van der Waals surface area contributed by atoms with Gasteiger partial charge in [-0.1, -0.05) is 13.8 Å². The molecule has 0 unspecified atom stereocenters. The van der Waals surface area contributed by atoms with Crippen LogP contribution < -0.4 is 10.6 Å². The van der Waals surface area contributed by atoms with E-state index in [1.54, 1.807) is 12.1 Å². The summed E-state index contributed by atoms with van der Waals surface area (Å²) < 4.78 is 23.9. The SMILES string of the molecule is CCCN(CCN)c1ccc(S(=O)(=O)CCC)cc1. The lowest BCUT2D eigenvalue weighted by atomic mass is 10.2. The van der Waals surface area contributed by atoms with Crippen LogP contribution in [0.5, 0.6) is 0 Å². The van der Waals surface area contributed by atoms with Crippen LogP contribution in [-0.2, 0) is 9.84 Å². The van der Waals surface area contributed by atoms with E-state index >= 15 is 0 Å². The lowest BCUT2D eigenvalue weighted by molar-refractivity contribution is 0.594. The van der Waals surface area contributed by atoms with Crippen LogP contribution in [0.25, 0.3) is 0 Å². The highest BCUT2D eigenvalue weighted by atomic mass is 32.2. The Labute approximate surface area is 116 Å². The summed E-state index contributed by atoms with van der Waals surface area (Å²) in [6.45, 7) is 6.29. The van der Waals surface area contributed by atoms with E-state index in [0.717, 1.165) is 25.2 Å². The Morgan fingerprint density at radius 3 is 2.16 bits per heavy atom. The largest absolute Gasteiger partial charge is 0.370 e. The number of rotatable bonds is 8. The van der Waals surface area contributed by atoms with Gasteiger partial charge in [0.2, 0.25) is 0 Å². The van der Waals surface area contributed by atoms with Gasteiger partial charge in [0.05, 0.1) is 10.6 Å². The summed E-state index contributed by atoms with van der Waals surface area (Å²) in [5, 5.41) is 0. The van der Waals surface area contributed by atoms with E-state index < -0.39 is 9.84 Å². The van der Waals surface area contributed by atoms with Gasteiger partial charge in [-0.2, -0.15) is 0 Å². The Kier molecular flexibility index (Phi) is 6.31. The van der Waals surface area contributed by atoms with Crippen LogP contribution in [0.2, 0.25) is 0 Å². The lowest BCUT2D eigenvalue weighted by Gasteiger charge is -2.23. The maximum absolute atomic E-state index is 11.9. The first-order valence-electron chi connectivity index (χ1n) is 6.83. The van der Waals surface area contributed by atoms with E-state index in [1.807, 2.05) is 19.1 Å². The topological polar surface area (TPSA) is 63.4 Å². The Bertz CT molecular complexity index is 463. The second-order valence-electron chi connectivity index (χ2n) is 4.59. The maximum atomic E-state index is 11.9. The normalized spacial score (nSPS) is 11.5. The molecule has 0 heterocycles. The quantitative estimate of drug-likeness (QED) is 0.793. The Balaban J connectivity index is 2.91. The van der Waals surface area contributed by atoms with Crippen molar-refractivity contribution in [2.24, 2.45) is 5.73 Å². The number of hydrogen-bond acceptors (Lipinski definition) is 4. The van der Waals surface area contributed by atoms with Crippen LogP contribution in [-0.4, -0.2) is 33.8 Å². The number of benzene rings is 1. The van der Waals surface area contributed by atoms with Crippen molar-refractivity contribution in [2.75, 3.05) is 30.3 Å². The van der Waals surface area contributed by atoms with E-state index in [0.29, 0.717) is 17.9 Å². The van der Waals surface area contributed by atoms with Gasteiger partial charge in [-0.3, -0.25) is 0 Å². The molecule has 0 fully saturated rings. The van der Waals surface area contributed by atoms with Gasteiger partial charge >= 0.3 is 0 Å². The number of sulfone groups is 1. The summed E-state index contributed by atoms with van der Waals surface area (Å²) in [7, 11) is -3.12. The third-order valence-corrected chi connectivity index (χ3v) is 4.86. The van der Waals surface area contributed by atoms with Gasteiger partial charge in [0.1, 0.15) is 0 Å². The molecule has 2 N–H and O–H groups in total. The molecule has 1 aromatic rings. The molecule has 108 valence electrons. The zero-order valence-corrected chi connectivity index (χ0v) is 12.6. The predicted molar refractivity (Wildman–Crippen MR) is 80.3 cm³/mol. The summed E-state index contributed by atoms with van der Waals surface area (Å²) in [6, 6.07) is 7.13. The van der Waals surface area contributed by atoms with Gasteiger partial charge in [-0.15, -0.1) is 0 Å². The molecular formula is C14H24N2O2S. The van der Waals surface area contributed by atoms with Crippen molar-refractivity contribution in [2.45, 2.75) is 31.6 Å². The third kappa shape index (κ3) is 4.51. The molecule has 0 aliphatic heterocycles. The van der Waals surface area contributed by atoms with Crippen LogP contribution in [0.1, 0.15) is 26.7 Å². The van der Waals surface area contributed by atoms with Gasteiger partial charge in [-0.25, -0.2) is 8.42 Å².